The molecule has 0 spiro atoms. The summed E-state index contributed by atoms with van der Waals surface area (Å²) in [6.45, 7) is 3.95. The number of aliphatic hydroxyl groups is 1. The number of aliphatic hydroxyl groups excluding tert-OH is 1. The number of halogens is 1. The first-order chi connectivity index (χ1) is 11.1. The lowest BCUT2D eigenvalue weighted by molar-refractivity contribution is -0.129. The largest absolute Gasteiger partial charge is 0.390 e. The molecule has 1 N–H and O–H groups in total. The SMILES string of the molecule is O=C1CCCN1CC(O)CN1CCOC(c2ccc(Cl)cc2)C1. The Morgan fingerprint density at radius 1 is 1.26 bits per heavy atom. The summed E-state index contributed by atoms with van der Waals surface area (Å²) in [4.78, 5) is 15.6. The van der Waals surface area contributed by atoms with Crippen molar-refractivity contribution in [3.63, 3.8) is 0 Å². The Labute approximate surface area is 141 Å². The number of likely N-dealkylation sites (tertiary alicyclic amines) is 1. The van der Waals surface area contributed by atoms with E-state index < -0.39 is 6.10 Å². The molecule has 0 radical (unpaired) electrons. The zero-order valence-electron chi connectivity index (χ0n) is 13.2. The second kappa shape index (κ2) is 7.62. The molecule has 2 aliphatic rings. The standard InChI is InChI=1S/C17H23ClN2O3/c18-14-5-3-13(4-6-14)16-12-19(8-9-23-16)10-15(21)11-20-7-1-2-17(20)22/h3-6,15-16,21H,1-2,7-12H2. The molecule has 0 aromatic heterocycles. The molecule has 0 saturated carbocycles. The summed E-state index contributed by atoms with van der Waals surface area (Å²) < 4.78 is 5.84. The predicted octanol–water partition coefficient (Wildman–Crippen LogP) is 1.70. The molecule has 1 amide bonds. The molecule has 2 unspecified atom stereocenters. The normalized spacial score (nSPS) is 24.2. The van der Waals surface area contributed by atoms with Crippen LogP contribution in [0.5, 0.6) is 0 Å². The molecule has 3 rings (SSSR count). The Kier molecular flexibility index (Phi) is 5.54. The van der Waals surface area contributed by atoms with Crippen LogP contribution in [0.1, 0.15) is 24.5 Å². The molecule has 2 fully saturated rings. The highest BCUT2D eigenvalue weighted by molar-refractivity contribution is 6.30. The van der Waals surface area contributed by atoms with Crippen LogP contribution in [0.2, 0.25) is 5.02 Å². The van der Waals surface area contributed by atoms with Gasteiger partial charge in [0, 0.05) is 44.2 Å². The maximum absolute atomic E-state index is 11.6. The van der Waals surface area contributed by atoms with Crippen LogP contribution in [0.15, 0.2) is 24.3 Å². The third-order valence-corrected chi connectivity index (χ3v) is 4.72. The summed E-state index contributed by atoms with van der Waals surface area (Å²) in [5.74, 6) is 0.157. The minimum atomic E-state index is -0.513. The van der Waals surface area contributed by atoms with Gasteiger partial charge in [-0.25, -0.2) is 0 Å². The molecule has 2 saturated heterocycles. The van der Waals surface area contributed by atoms with Crippen molar-refractivity contribution in [3.05, 3.63) is 34.9 Å². The Morgan fingerprint density at radius 3 is 2.74 bits per heavy atom. The van der Waals surface area contributed by atoms with E-state index in [-0.39, 0.29) is 12.0 Å². The molecule has 2 atom stereocenters. The Balaban J connectivity index is 1.52. The summed E-state index contributed by atoms with van der Waals surface area (Å²) >= 11 is 5.92. The minimum absolute atomic E-state index is 0.00151. The van der Waals surface area contributed by atoms with Crippen LogP contribution in [-0.4, -0.2) is 66.2 Å². The zero-order chi connectivity index (χ0) is 16.2. The van der Waals surface area contributed by atoms with E-state index in [0.717, 1.165) is 31.6 Å². The van der Waals surface area contributed by atoms with Crippen LogP contribution in [-0.2, 0) is 9.53 Å². The number of rotatable bonds is 5. The first kappa shape index (κ1) is 16.7. The van der Waals surface area contributed by atoms with Crippen LogP contribution in [0.4, 0.5) is 0 Å². The van der Waals surface area contributed by atoms with Crippen molar-refractivity contribution < 1.29 is 14.6 Å². The fraction of sp³-hybridized carbons (Fsp3) is 0.588. The van der Waals surface area contributed by atoms with Crippen LogP contribution >= 0.6 is 11.6 Å². The van der Waals surface area contributed by atoms with E-state index in [1.165, 1.54) is 0 Å². The van der Waals surface area contributed by atoms with E-state index in [1.807, 2.05) is 24.3 Å². The lowest BCUT2D eigenvalue weighted by Crippen LogP contribution is -2.45. The fourth-order valence-corrected chi connectivity index (χ4v) is 3.38. The van der Waals surface area contributed by atoms with Crippen LogP contribution in [0.3, 0.4) is 0 Å². The monoisotopic (exact) mass is 338 g/mol. The quantitative estimate of drug-likeness (QED) is 0.888. The lowest BCUT2D eigenvalue weighted by Gasteiger charge is -2.35. The zero-order valence-corrected chi connectivity index (χ0v) is 13.9. The second-order valence-corrected chi connectivity index (χ2v) is 6.70. The summed E-state index contributed by atoms with van der Waals surface area (Å²) in [6, 6.07) is 7.70. The van der Waals surface area contributed by atoms with Gasteiger partial charge in [0.1, 0.15) is 0 Å². The highest BCUT2D eigenvalue weighted by Crippen LogP contribution is 2.24. The van der Waals surface area contributed by atoms with Crippen molar-refractivity contribution in [1.29, 1.82) is 0 Å². The van der Waals surface area contributed by atoms with Crippen molar-refractivity contribution in [2.75, 3.05) is 39.3 Å². The van der Waals surface area contributed by atoms with Gasteiger partial charge in [0.15, 0.2) is 0 Å². The summed E-state index contributed by atoms with van der Waals surface area (Å²) in [7, 11) is 0. The van der Waals surface area contributed by atoms with E-state index in [9.17, 15) is 9.90 Å². The van der Waals surface area contributed by atoms with Crippen molar-refractivity contribution >= 4 is 17.5 Å². The summed E-state index contributed by atoms with van der Waals surface area (Å²) in [5.41, 5.74) is 1.10. The number of nitrogens with zero attached hydrogens (tertiary/aromatic N) is 2. The van der Waals surface area contributed by atoms with Gasteiger partial charge in [-0.1, -0.05) is 23.7 Å². The first-order valence-corrected chi connectivity index (χ1v) is 8.55. The average Bonchev–Trinajstić information content (AvgIpc) is 2.93. The third-order valence-electron chi connectivity index (χ3n) is 4.46. The van der Waals surface area contributed by atoms with E-state index in [2.05, 4.69) is 4.90 Å². The van der Waals surface area contributed by atoms with Crippen molar-refractivity contribution in [1.82, 2.24) is 9.80 Å². The van der Waals surface area contributed by atoms with Gasteiger partial charge < -0.3 is 14.7 Å². The fourth-order valence-electron chi connectivity index (χ4n) is 3.25. The van der Waals surface area contributed by atoms with E-state index in [4.69, 9.17) is 16.3 Å². The number of morpholine rings is 1. The second-order valence-electron chi connectivity index (χ2n) is 6.27. The van der Waals surface area contributed by atoms with Gasteiger partial charge in [-0.3, -0.25) is 9.69 Å². The number of hydrogen-bond donors (Lipinski definition) is 1. The highest BCUT2D eigenvalue weighted by atomic mass is 35.5. The molecule has 0 bridgehead atoms. The molecule has 1 aromatic rings. The molecule has 2 aliphatic heterocycles. The average molecular weight is 339 g/mol. The lowest BCUT2D eigenvalue weighted by atomic mass is 10.1. The van der Waals surface area contributed by atoms with Crippen molar-refractivity contribution in [2.45, 2.75) is 25.0 Å². The Bertz CT molecular complexity index is 537. The molecular formula is C17H23ClN2O3. The molecular weight excluding hydrogens is 316 g/mol. The summed E-state index contributed by atoms with van der Waals surface area (Å²) in [6.07, 6.45) is 1.01. The first-order valence-electron chi connectivity index (χ1n) is 8.17. The van der Waals surface area contributed by atoms with Crippen molar-refractivity contribution in [2.24, 2.45) is 0 Å². The van der Waals surface area contributed by atoms with Crippen LogP contribution in [0, 0.1) is 0 Å². The van der Waals surface area contributed by atoms with Gasteiger partial charge in [-0.05, 0) is 24.1 Å². The topological polar surface area (TPSA) is 53.0 Å². The van der Waals surface area contributed by atoms with E-state index in [0.29, 0.717) is 31.1 Å². The number of carbonyl (C=O) groups is 1. The number of benzene rings is 1. The summed E-state index contributed by atoms with van der Waals surface area (Å²) in [5, 5.41) is 11.0. The van der Waals surface area contributed by atoms with Crippen LogP contribution in [0.25, 0.3) is 0 Å². The smallest absolute Gasteiger partial charge is 0.222 e. The van der Waals surface area contributed by atoms with E-state index in [1.54, 1.807) is 4.90 Å². The molecule has 1 aromatic carbocycles. The number of hydrogen-bond acceptors (Lipinski definition) is 4. The number of amides is 1. The van der Waals surface area contributed by atoms with Crippen LogP contribution < -0.4 is 0 Å². The van der Waals surface area contributed by atoms with Gasteiger partial charge in [0.2, 0.25) is 5.91 Å². The molecule has 126 valence electrons. The number of β-amino-alcohol motifs (C(OH)–C–C–N with tert-alkyl or cyclic N) is 1. The maximum atomic E-state index is 11.6. The third kappa shape index (κ3) is 4.44. The maximum Gasteiger partial charge on any atom is 0.222 e. The predicted molar refractivity (Wildman–Crippen MR) is 88.4 cm³/mol. The number of ether oxygens (including phenoxy) is 1. The van der Waals surface area contributed by atoms with Gasteiger partial charge >= 0.3 is 0 Å². The van der Waals surface area contributed by atoms with E-state index >= 15 is 0 Å². The minimum Gasteiger partial charge on any atom is -0.390 e. The Hall–Kier alpha value is -1.14. The van der Waals surface area contributed by atoms with Gasteiger partial charge in [-0.15, -0.1) is 0 Å². The molecule has 5 nitrogen and oxygen atoms in total. The molecule has 2 heterocycles. The molecule has 0 aliphatic carbocycles. The highest BCUT2D eigenvalue weighted by Gasteiger charge is 2.26. The van der Waals surface area contributed by atoms with Gasteiger partial charge in [-0.2, -0.15) is 0 Å². The Morgan fingerprint density at radius 2 is 2.04 bits per heavy atom. The van der Waals surface area contributed by atoms with Crippen molar-refractivity contribution in [3.8, 4) is 0 Å². The van der Waals surface area contributed by atoms with Gasteiger partial charge in [0.05, 0.1) is 18.8 Å². The van der Waals surface area contributed by atoms with Gasteiger partial charge in [0.25, 0.3) is 0 Å². The molecule has 6 heteroatoms. The number of carbonyl (C=O) groups excluding carboxylic acids is 1. The molecule has 23 heavy (non-hydrogen) atoms.